The average Bonchev–Trinajstić information content (AvgIpc) is 2.99. The molecular weight excluding hydrogens is 312 g/mol. The van der Waals surface area contributed by atoms with E-state index in [4.69, 9.17) is 0 Å². The molecule has 6 nitrogen and oxygen atoms in total. The van der Waals surface area contributed by atoms with Crippen LogP contribution in [0, 0.1) is 5.92 Å². The molecule has 0 unspecified atom stereocenters. The third kappa shape index (κ3) is 2.88. The van der Waals surface area contributed by atoms with Gasteiger partial charge in [0.2, 0.25) is 0 Å². The minimum Gasteiger partial charge on any atom is -0.478 e. The summed E-state index contributed by atoms with van der Waals surface area (Å²) in [6.07, 6.45) is 2.62. The predicted molar refractivity (Wildman–Crippen MR) is 92.9 cm³/mol. The van der Waals surface area contributed by atoms with Gasteiger partial charge in [-0.15, -0.1) is 0 Å². The summed E-state index contributed by atoms with van der Waals surface area (Å²) in [5.41, 5.74) is 2.04. The van der Waals surface area contributed by atoms with Crippen LogP contribution in [0.25, 0.3) is 0 Å². The van der Waals surface area contributed by atoms with Crippen LogP contribution in [-0.2, 0) is 0 Å². The fraction of sp³-hybridized carbons (Fsp3) is 0.562. The van der Waals surface area contributed by atoms with E-state index in [0.717, 1.165) is 36.9 Å². The molecule has 1 atom stereocenters. The molecule has 0 amide bonds. The summed E-state index contributed by atoms with van der Waals surface area (Å²) in [6.45, 7) is 5.33. The van der Waals surface area contributed by atoms with Crippen LogP contribution in [0.15, 0.2) is 18.2 Å². The van der Waals surface area contributed by atoms with Crippen molar-refractivity contribution in [3.8, 4) is 0 Å². The molecule has 1 aromatic carbocycles. The van der Waals surface area contributed by atoms with Gasteiger partial charge in [0.1, 0.15) is 0 Å². The van der Waals surface area contributed by atoms with Crippen molar-refractivity contribution >= 4 is 29.5 Å². The molecule has 0 aliphatic carbocycles. The van der Waals surface area contributed by atoms with E-state index in [0.29, 0.717) is 11.6 Å². The van der Waals surface area contributed by atoms with Crippen LogP contribution in [-0.4, -0.2) is 54.7 Å². The Bertz CT molecular complexity index is 604. The summed E-state index contributed by atoms with van der Waals surface area (Å²) in [4.78, 5) is 14.0. The summed E-state index contributed by atoms with van der Waals surface area (Å²) < 4.78 is 5.25. The van der Waals surface area contributed by atoms with Gasteiger partial charge < -0.3 is 20.0 Å². The van der Waals surface area contributed by atoms with Gasteiger partial charge >= 0.3 is 5.97 Å². The van der Waals surface area contributed by atoms with Crippen LogP contribution < -0.4 is 14.3 Å². The summed E-state index contributed by atoms with van der Waals surface area (Å²) in [5, 5.41) is 13.1. The number of carboxylic acids is 1. The number of anilines is 2. The molecule has 2 bridgehead atoms. The highest BCUT2D eigenvalue weighted by Crippen LogP contribution is 2.41. The standard InChI is InChI=1S/C16H22N4O2S/c21-16(22)12-2-1-3-13-15(12)20(23-18-13)9-6-17-14-10-19-7-4-11(14)5-8-19/h1-3,11,14,17-18H,4-10H2,(H,21,22)/t14-/m1/s1. The van der Waals surface area contributed by atoms with Crippen molar-refractivity contribution in [1.82, 2.24) is 10.2 Å². The molecule has 0 radical (unpaired) electrons. The molecule has 5 rings (SSSR count). The van der Waals surface area contributed by atoms with Gasteiger partial charge in [-0.3, -0.25) is 4.31 Å². The summed E-state index contributed by atoms with van der Waals surface area (Å²) >= 11 is 1.47. The van der Waals surface area contributed by atoms with E-state index in [-0.39, 0.29) is 0 Å². The first-order chi connectivity index (χ1) is 11.2. The topological polar surface area (TPSA) is 67.8 Å². The van der Waals surface area contributed by atoms with Crippen LogP contribution in [0.3, 0.4) is 0 Å². The number of piperidine rings is 3. The molecule has 3 saturated heterocycles. The first-order valence-electron chi connectivity index (χ1n) is 8.25. The highest BCUT2D eigenvalue weighted by molar-refractivity contribution is 8.02. The fourth-order valence-corrected chi connectivity index (χ4v) is 4.77. The van der Waals surface area contributed by atoms with Crippen molar-refractivity contribution in [2.24, 2.45) is 5.92 Å². The molecule has 0 aromatic heterocycles. The second-order valence-corrected chi connectivity index (χ2v) is 7.33. The minimum absolute atomic E-state index is 0.364. The van der Waals surface area contributed by atoms with Crippen LogP contribution >= 0.6 is 12.1 Å². The van der Waals surface area contributed by atoms with Crippen LogP contribution in [0.4, 0.5) is 11.4 Å². The maximum absolute atomic E-state index is 11.4. The SMILES string of the molecule is O=C(O)c1cccc2c1N(CCN[C@@H]1CN3CCC1CC3)SN2. The Kier molecular flexibility index (Phi) is 4.09. The third-order valence-electron chi connectivity index (χ3n) is 5.16. The Hall–Kier alpha value is -1.44. The molecule has 4 aliphatic heterocycles. The summed E-state index contributed by atoms with van der Waals surface area (Å²) in [6, 6.07) is 5.97. The van der Waals surface area contributed by atoms with Crippen LogP contribution in [0.1, 0.15) is 23.2 Å². The number of nitrogens with one attached hydrogen (secondary N) is 2. The molecule has 3 fully saturated rings. The minimum atomic E-state index is -0.874. The van der Waals surface area contributed by atoms with Crippen molar-refractivity contribution in [2.75, 3.05) is 41.8 Å². The smallest absolute Gasteiger partial charge is 0.337 e. The quantitative estimate of drug-likeness (QED) is 0.710. The predicted octanol–water partition coefficient (Wildman–Crippen LogP) is 1.86. The Morgan fingerprint density at radius 2 is 2.22 bits per heavy atom. The van der Waals surface area contributed by atoms with Gasteiger partial charge in [-0.1, -0.05) is 6.07 Å². The first-order valence-corrected chi connectivity index (χ1v) is 9.02. The number of carbonyl (C=O) groups is 1. The van der Waals surface area contributed by atoms with Gasteiger partial charge in [0.05, 0.1) is 29.1 Å². The zero-order chi connectivity index (χ0) is 15.8. The monoisotopic (exact) mass is 334 g/mol. The van der Waals surface area contributed by atoms with Gasteiger partial charge in [0.25, 0.3) is 0 Å². The van der Waals surface area contributed by atoms with Gasteiger partial charge in [0.15, 0.2) is 0 Å². The maximum atomic E-state index is 11.4. The number of rotatable bonds is 5. The third-order valence-corrected chi connectivity index (χ3v) is 6.06. The van der Waals surface area contributed by atoms with Crippen molar-refractivity contribution in [2.45, 2.75) is 18.9 Å². The van der Waals surface area contributed by atoms with E-state index in [2.05, 4.69) is 14.9 Å². The lowest BCUT2D eigenvalue weighted by molar-refractivity contribution is 0.0697. The number of aromatic carboxylic acids is 1. The normalized spacial score (nSPS) is 28.5. The molecular formula is C16H22N4O2S. The summed E-state index contributed by atoms with van der Waals surface area (Å²) in [7, 11) is 0. The van der Waals surface area contributed by atoms with Gasteiger partial charge in [-0.2, -0.15) is 0 Å². The molecule has 3 N–H and O–H groups in total. The zero-order valence-corrected chi connectivity index (χ0v) is 13.8. The molecule has 4 aliphatic rings. The van der Waals surface area contributed by atoms with Crippen LogP contribution in [0.2, 0.25) is 0 Å². The number of hydrogen-bond acceptors (Lipinski definition) is 6. The lowest BCUT2D eigenvalue weighted by atomic mass is 9.84. The number of nitrogens with zero attached hydrogens (tertiary/aromatic N) is 2. The Balaban J connectivity index is 1.38. The molecule has 0 saturated carbocycles. The number of para-hydroxylation sites is 1. The molecule has 7 heteroatoms. The van der Waals surface area contributed by atoms with Crippen molar-refractivity contribution < 1.29 is 9.90 Å². The van der Waals surface area contributed by atoms with E-state index in [1.54, 1.807) is 12.1 Å². The highest BCUT2D eigenvalue weighted by atomic mass is 32.2. The maximum Gasteiger partial charge on any atom is 0.337 e. The van der Waals surface area contributed by atoms with Crippen molar-refractivity contribution in [3.05, 3.63) is 23.8 Å². The second kappa shape index (κ2) is 6.22. The molecule has 124 valence electrons. The van der Waals surface area contributed by atoms with E-state index in [1.165, 1.54) is 38.1 Å². The molecule has 4 heterocycles. The van der Waals surface area contributed by atoms with E-state index >= 15 is 0 Å². The fourth-order valence-electron chi connectivity index (χ4n) is 3.92. The van der Waals surface area contributed by atoms with Gasteiger partial charge in [0, 0.05) is 25.7 Å². The van der Waals surface area contributed by atoms with E-state index < -0.39 is 5.97 Å². The Morgan fingerprint density at radius 3 is 2.91 bits per heavy atom. The Labute approximate surface area is 140 Å². The highest BCUT2D eigenvalue weighted by Gasteiger charge is 2.34. The van der Waals surface area contributed by atoms with E-state index in [1.807, 2.05) is 10.4 Å². The first kappa shape index (κ1) is 15.1. The number of fused-ring (bicyclic) bond motifs is 4. The number of benzene rings is 1. The van der Waals surface area contributed by atoms with E-state index in [9.17, 15) is 9.90 Å². The van der Waals surface area contributed by atoms with Crippen LogP contribution in [0.5, 0.6) is 0 Å². The number of carboxylic acid groups (broad SMARTS) is 1. The van der Waals surface area contributed by atoms with Crippen molar-refractivity contribution in [1.29, 1.82) is 0 Å². The van der Waals surface area contributed by atoms with Gasteiger partial charge in [-0.05, 0) is 44.0 Å². The lowest BCUT2D eigenvalue weighted by Crippen LogP contribution is -2.56. The summed E-state index contributed by atoms with van der Waals surface area (Å²) in [5.74, 6) is -0.0623. The zero-order valence-electron chi connectivity index (χ0n) is 13.0. The largest absolute Gasteiger partial charge is 0.478 e. The van der Waals surface area contributed by atoms with Gasteiger partial charge in [-0.25, -0.2) is 4.79 Å². The number of hydrogen-bond donors (Lipinski definition) is 3. The average molecular weight is 334 g/mol. The molecule has 1 aromatic rings. The molecule has 0 spiro atoms. The lowest BCUT2D eigenvalue weighted by Gasteiger charge is -2.45. The van der Waals surface area contributed by atoms with Crippen molar-refractivity contribution in [3.63, 3.8) is 0 Å². The molecule has 23 heavy (non-hydrogen) atoms. The Morgan fingerprint density at radius 1 is 1.39 bits per heavy atom. The second-order valence-electron chi connectivity index (χ2n) is 6.50.